The van der Waals surface area contributed by atoms with Gasteiger partial charge in [0.05, 0.1) is 11.8 Å². The van der Waals surface area contributed by atoms with Crippen LogP contribution in [0, 0.1) is 5.82 Å². The fourth-order valence-electron chi connectivity index (χ4n) is 1.44. The molecular formula is C11H7BrF4N2. The van der Waals surface area contributed by atoms with Crippen molar-refractivity contribution in [1.29, 1.82) is 0 Å². The topological polar surface area (TPSA) is 28.7 Å². The summed E-state index contributed by atoms with van der Waals surface area (Å²) < 4.78 is 50.8. The third kappa shape index (κ3) is 2.55. The third-order valence-corrected chi connectivity index (χ3v) is 2.97. The van der Waals surface area contributed by atoms with Crippen molar-refractivity contribution in [3.05, 3.63) is 41.5 Å². The second-order valence-corrected chi connectivity index (χ2v) is 4.15. The van der Waals surface area contributed by atoms with Crippen molar-refractivity contribution >= 4 is 15.9 Å². The summed E-state index contributed by atoms with van der Waals surface area (Å²) in [6.45, 7) is 0. The van der Waals surface area contributed by atoms with E-state index < -0.39 is 17.7 Å². The van der Waals surface area contributed by atoms with Gasteiger partial charge in [0.25, 0.3) is 0 Å². The minimum absolute atomic E-state index is 0.00944. The van der Waals surface area contributed by atoms with Crippen LogP contribution in [0.5, 0.6) is 0 Å². The van der Waals surface area contributed by atoms with Gasteiger partial charge in [0.1, 0.15) is 17.3 Å². The minimum atomic E-state index is -4.52. The maximum Gasteiger partial charge on any atom is 0.432 e. The van der Waals surface area contributed by atoms with Gasteiger partial charge in [0.2, 0.25) is 0 Å². The van der Waals surface area contributed by atoms with E-state index in [2.05, 4.69) is 25.9 Å². The van der Waals surface area contributed by atoms with Gasteiger partial charge in [0, 0.05) is 5.33 Å². The molecule has 0 aliphatic heterocycles. The Kier molecular flexibility index (Phi) is 3.43. The van der Waals surface area contributed by atoms with Gasteiger partial charge < -0.3 is 4.98 Å². The van der Waals surface area contributed by atoms with Crippen molar-refractivity contribution in [1.82, 2.24) is 9.97 Å². The molecule has 2 aromatic rings. The zero-order valence-corrected chi connectivity index (χ0v) is 10.4. The van der Waals surface area contributed by atoms with E-state index >= 15 is 0 Å². The lowest BCUT2D eigenvalue weighted by molar-refractivity contribution is -0.140. The second-order valence-electron chi connectivity index (χ2n) is 3.59. The van der Waals surface area contributed by atoms with Crippen molar-refractivity contribution in [2.45, 2.75) is 11.5 Å². The molecule has 1 aromatic carbocycles. The normalized spacial score (nSPS) is 11.8. The van der Waals surface area contributed by atoms with Crippen molar-refractivity contribution in [3.8, 4) is 11.4 Å². The van der Waals surface area contributed by atoms with Gasteiger partial charge in [0.15, 0.2) is 0 Å². The molecule has 0 amide bonds. The highest BCUT2D eigenvalue weighted by molar-refractivity contribution is 9.08. The van der Waals surface area contributed by atoms with E-state index in [0.29, 0.717) is 17.1 Å². The number of benzene rings is 1. The summed E-state index contributed by atoms with van der Waals surface area (Å²) in [5.41, 5.74) is -0.296. The van der Waals surface area contributed by atoms with Gasteiger partial charge in [-0.15, -0.1) is 0 Å². The fourth-order valence-corrected chi connectivity index (χ4v) is 1.78. The van der Waals surface area contributed by atoms with E-state index in [1.54, 1.807) is 6.07 Å². The molecule has 0 saturated carbocycles. The van der Waals surface area contributed by atoms with Crippen LogP contribution in [0.15, 0.2) is 24.4 Å². The predicted molar refractivity (Wildman–Crippen MR) is 61.6 cm³/mol. The molecule has 0 bridgehead atoms. The first-order chi connectivity index (χ1) is 8.41. The van der Waals surface area contributed by atoms with E-state index in [1.807, 2.05) is 0 Å². The second kappa shape index (κ2) is 4.72. The summed E-state index contributed by atoms with van der Waals surface area (Å²) in [6, 6.07) is 4.26. The lowest BCUT2D eigenvalue weighted by Gasteiger charge is -2.03. The van der Waals surface area contributed by atoms with Gasteiger partial charge >= 0.3 is 6.18 Å². The third-order valence-electron chi connectivity index (χ3n) is 2.32. The van der Waals surface area contributed by atoms with Gasteiger partial charge in [-0.1, -0.05) is 22.0 Å². The first-order valence-electron chi connectivity index (χ1n) is 4.89. The first-order valence-corrected chi connectivity index (χ1v) is 6.01. The largest absolute Gasteiger partial charge is 0.432 e. The van der Waals surface area contributed by atoms with Crippen molar-refractivity contribution in [2.24, 2.45) is 0 Å². The molecule has 96 valence electrons. The number of H-pyrrole nitrogens is 1. The van der Waals surface area contributed by atoms with Crippen molar-refractivity contribution < 1.29 is 17.6 Å². The van der Waals surface area contributed by atoms with E-state index in [9.17, 15) is 17.6 Å². The molecule has 1 aromatic heterocycles. The van der Waals surface area contributed by atoms with Crippen molar-refractivity contribution in [2.75, 3.05) is 0 Å². The number of hydrogen-bond donors (Lipinski definition) is 1. The number of aromatic nitrogens is 2. The molecular weight excluding hydrogens is 316 g/mol. The number of aromatic amines is 1. The lowest BCUT2D eigenvalue weighted by atomic mass is 10.1. The van der Waals surface area contributed by atoms with Gasteiger partial charge in [-0.25, -0.2) is 9.37 Å². The fraction of sp³-hybridized carbons (Fsp3) is 0.182. The Morgan fingerprint density at radius 1 is 1.28 bits per heavy atom. The van der Waals surface area contributed by atoms with Gasteiger partial charge in [-0.05, 0) is 17.7 Å². The molecule has 2 nitrogen and oxygen atoms in total. The number of nitrogens with zero attached hydrogens (tertiary/aromatic N) is 1. The maximum absolute atomic E-state index is 13.7. The molecule has 0 fully saturated rings. The average Bonchev–Trinajstić information content (AvgIpc) is 2.77. The smallest absolute Gasteiger partial charge is 0.334 e. The molecule has 0 spiro atoms. The van der Waals surface area contributed by atoms with E-state index in [4.69, 9.17) is 0 Å². The highest BCUT2D eigenvalue weighted by Crippen LogP contribution is 2.30. The number of rotatable bonds is 2. The summed E-state index contributed by atoms with van der Waals surface area (Å²) >= 11 is 3.16. The Bertz CT molecular complexity index is 562. The van der Waals surface area contributed by atoms with Gasteiger partial charge in [-0.3, -0.25) is 0 Å². The van der Waals surface area contributed by atoms with Crippen LogP contribution >= 0.6 is 15.9 Å². The predicted octanol–water partition coefficient (Wildman–Crippen LogP) is 4.13. The lowest BCUT2D eigenvalue weighted by Crippen LogP contribution is -2.04. The quantitative estimate of drug-likeness (QED) is 0.653. The molecule has 0 radical (unpaired) electrons. The summed E-state index contributed by atoms with van der Waals surface area (Å²) in [5, 5.41) is 0.468. The maximum atomic E-state index is 13.7. The van der Waals surface area contributed by atoms with Crippen LogP contribution in [0.25, 0.3) is 11.4 Å². The molecule has 0 unspecified atom stereocenters. The van der Waals surface area contributed by atoms with Crippen LogP contribution in [0.2, 0.25) is 0 Å². The molecule has 18 heavy (non-hydrogen) atoms. The number of nitrogens with one attached hydrogen (secondary N) is 1. The van der Waals surface area contributed by atoms with Crippen LogP contribution in [0.1, 0.15) is 11.3 Å². The molecule has 1 heterocycles. The van der Waals surface area contributed by atoms with E-state index in [0.717, 1.165) is 0 Å². The molecule has 0 atom stereocenters. The average molecular weight is 323 g/mol. The number of halogens is 5. The van der Waals surface area contributed by atoms with Crippen LogP contribution < -0.4 is 0 Å². The highest BCUT2D eigenvalue weighted by Gasteiger charge is 2.33. The Morgan fingerprint density at radius 2 is 2.00 bits per heavy atom. The Labute approximate surface area is 108 Å². The monoisotopic (exact) mass is 322 g/mol. The summed E-state index contributed by atoms with van der Waals surface area (Å²) in [7, 11) is 0. The Morgan fingerprint density at radius 3 is 2.50 bits per heavy atom. The Hall–Kier alpha value is -1.37. The summed E-state index contributed by atoms with van der Waals surface area (Å²) in [4.78, 5) is 5.60. The van der Waals surface area contributed by atoms with Gasteiger partial charge in [-0.2, -0.15) is 13.2 Å². The molecule has 0 aliphatic carbocycles. The Balaban J connectivity index is 2.40. The number of alkyl halides is 4. The van der Waals surface area contributed by atoms with Crippen LogP contribution in [0.4, 0.5) is 17.6 Å². The van der Waals surface area contributed by atoms with Crippen LogP contribution in [-0.4, -0.2) is 9.97 Å². The van der Waals surface area contributed by atoms with E-state index in [1.165, 1.54) is 12.1 Å². The molecule has 7 heteroatoms. The zero-order valence-electron chi connectivity index (χ0n) is 8.85. The molecule has 0 aliphatic rings. The minimum Gasteiger partial charge on any atom is -0.334 e. The summed E-state index contributed by atoms with van der Waals surface area (Å²) in [6.07, 6.45) is -3.87. The zero-order chi connectivity index (χ0) is 13.3. The molecule has 2 rings (SSSR count). The standard InChI is InChI=1S/C11H7BrF4N2/c12-4-6-1-2-7(8(13)3-6)10-17-5-9(18-10)11(14,15)16/h1-3,5H,4H2,(H,17,18). The van der Waals surface area contributed by atoms with E-state index in [-0.39, 0.29) is 11.4 Å². The highest BCUT2D eigenvalue weighted by atomic mass is 79.9. The summed E-state index contributed by atoms with van der Waals surface area (Å²) in [5.74, 6) is -0.754. The van der Waals surface area contributed by atoms with Crippen molar-refractivity contribution in [3.63, 3.8) is 0 Å². The molecule has 1 N–H and O–H groups in total. The first kappa shape index (κ1) is 13.1. The number of hydrogen-bond acceptors (Lipinski definition) is 1. The van der Waals surface area contributed by atoms with Crippen LogP contribution in [0.3, 0.4) is 0 Å². The van der Waals surface area contributed by atoms with Crippen LogP contribution in [-0.2, 0) is 11.5 Å². The molecule has 0 saturated heterocycles. The number of imidazole rings is 1. The SMILES string of the molecule is Fc1cc(CBr)ccc1-c1ncc(C(F)(F)F)[nH]1.